The second-order valence-electron chi connectivity index (χ2n) is 4.40. The summed E-state index contributed by atoms with van der Waals surface area (Å²) in [5.74, 6) is 0.388. The van der Waals surface area contributed by atoms with Crippen LogP contribution in [0.5, 0.6) is 5.75 Å². The number of phenols is 1. The van der Waals surface area contributed by atoms with E-state index in [0.717, 1.165) is 0 Å². The Balaban J connectivity index is 2.14. The van der Waals surface area contributed by atoms with Crippen LogP contribution in [0.25, 0.3) is 0 Å². The summed E-state index contributed by atoms with van der Waals surface area (Å²) >= 11 is 0. The molecule has 4 nitrogen and oxygen atoms in total. The average molecular weight is 220 g/mol. The number of carbonyl (C=O) groups excluding carboxylic acids is 1. The highest BCUT2D eigenvalue weighted by Crippen LogP contribution is 2.19. The first-order valence-corrected chi connectivity index (χ1v) is 5.42. The van der Waals surface area contributed by atoms with Crippen molar-refractivity contribution in [3.63, 3.8) is 0 Å². The summed E-state index contributed by atoms with van der Waals surface area (Å²) in [6, 6.07) is 6.46. The molecule has 2 rings (SSSR count). The minimum atomic E-state index is -0.0595. The van der Waals surface area contributed by atoms with Crippen LogP contribution in [0.1, 0.15) is 17.3 Å². The molecule has 1 amide bonds. The van der Waals surface area contributed by atoms with Crippen LogP contribution in [0, 0.1) is 5.92 Å². The molecule has 0 bridgehead atoms. The number of nitrogens with zero attached hydrogens (tertiary/aromatic N) is 1. The third kappa shape index (κ3) is 2.02. The number of benzene rings is 1. The van der Waals surface area contributed by atoms with Gasteiger partial charge in [-0.15, -0.1) is 0 Å². The van der Waals surface area contributed by atoms with Gasteiger partial charge in [0.05, 0.1) is 0 Å². The van der Waals surface area contributed by atoms with Gasteiger partial charge in [-0.1, -0.05) is 13.0 Å². The van der Waals surface area contributed by atoms with Gasteiger partial charge in [0, 0.05) is 24.7 Å². The lowest BCUT2D eigenvalue weighted by Gasteiger charge is -2.15. The van der Waals surface area contributed by atoms with Gasteiger partial charge in [-0.25, -0.2) is 0 Å². The molecule has 1 aromatic carbocycles. The Kier molecular flexibility index (Phi) is 2.83. The first kappa shape index (κ1) is 11.0. The van der Waals surface area contributed by atoms with Gasteiger partial charge in [0.25, 0.3) is 5.91 Å². The molecule has 3 N–H and O–H groups in total. The van der Waals surface area contributed by atoms with Crippen molar-refractivity contribution in [2.24, 2.45) is 11.7 Å². The SMILES string of the molecule is CC1CN(C(=O)c2cccc(O)c2)CC1N. The standard InChI is InChI=1S/C12H16N2O2/c1-8-6-14(7-11(8)13)12(16)9-3-2-4-10(15)5-9/h2-5,8,11,15H,6-7,13H2,1H3. The molecule has 2 atom stereocenters. The van der Waals surface area contributed by atoms with Crippen LogP contribution in [0.3, 0.4) is 0 Å². The predicted molar refractivity (Wildman–Crippen MR) is 61.1 cm³/mol. The molecular weight excluding hydrogens is 204 g/mol. The third-order valence-corrected chi connectivity index (χ3v) is 3.05. The third-order valence-electron chi connectivity index (χ3n) is 3.05. The summed E-state index contributed by atoms with van der Waals surface area (Å²) in [7, 11) is 0. The highest BCUT2D eigenvalue weighted by molar-refractivity contribution is 5.94. The lowest BCUT2D eigenvalue weighted by molar-refractivity contribution is 0.0786. The molecule has 86 valence electrons. The van der Waals surface area contributed by atoms with Gasteiger partial charge in [-0.05, 0) is 24.1 Å². The molecule has 0 aliphatic carbocycles. The van der Waals surface area contributed by atoms with Crippen LogP contribution in [-0.2, 0) is 0 Å². The topological polar surface area (TPSA) is 66.6 Å². The molecule has 1 aromatic rings. The maximum absolute atomic E-state index is 12.0. The first-order valence-electron chi connectivity index (χ1n) is 5.42. The van der Waals surface area contributed by atoms with E-state index in [0.29, 0.717) is 24.6 Å². The molecular formula is C12H16N2O2. The van der Waals surface area contributed by atoms with Gasteiger partial charge in [0.2, 0.25) is 0 Å². The van der Waals surface area contributed by atoms with Gasteiger partial charge >= 0.3 is 0 Å². The Hall–Kier alpha value is -1.55. The number of rotatable bonds is 1. The fourth-order valence-electron chi connectivity index (χ4n) is 1.98. The molecule has 1 saturated heterocycles. The Morgan fingerprint density at radius 1 is 1.50 bits per heavy atom. The van der Waals surface area contributed by atoms with Gasteiger partial charge in [-0.3, -0.25) is 4.79 Å². The molecule has 1 aliphatic rings. The van der Waals surface area contributed by atoms with Crippen LogP contribution in [0.15, 0.2) is 24.3 Å². The summed E-state index contributed by atoms with van der Waals surface area (Å²) in [6.45, 7) is 3.33. The van der Waals surface area contributed by atoms with E-state index in [9.17, 15) is 9.90 Å². The highest BCUT2D eigenvalue weighted by Gasteiger charge is 2.30. The van der Waals surface area contributed by atoms with E-state index in [1.54, 1.807) is 23.1 Å². The van der Waals surface area contributed by atoms with Crippen molar-refractivity contribution in [1.82, 2.24) is 4.90 Å². The van der Waals surface area contributed by atoms with Crippen molar-refractivity contribution in [1.29, 1.82) is 0 Å². The van der Waals surface area contributed by atoms with Crippen molar-refractivity contribution in [3.8, 4) is 5.75 Å². The molecule has 1 fully saturated rings. The van der Waals surface area contributed by atoms with Gasteiger partial charge in [0.1, 0.15) is 5.75 Å². The number of phenolic OH excluding ortho intramolecular Hbond substituents is 1. The number of aromatic hydroxyl groups is 1. The quantitative estimate of drug-likeness (QED) is 0.736. The fraction of sp³-hybridized carbons (Fsp3) is 0.417. The zero-order valence-electron chi connectivity index (χ0n) is 9.26. The number of amides is 1. The van der Waals surface area contributed by atoms with Crippen LogP contribution >= 0.6 is 0 Å². The first-order chi connectivity index (χ1) is 7.58. The lowest BCUT2D eigenvalue weighted by Crippen LogP contribution is -2.32. The van der Waals surface area contributed by atoms with Gasteiger partial charge < -0.3 is 15.7 Å². The maximum Gasteiger partial charge on any atom is 0.254 e. The predicted octanol–water partition coefficient (Wildman–Crippen LogP) is 0.811. The molecule has 1 heterocycles. The van der Waals surface area contributed by atoms with Crippen molar-refractivity contribution >= 4 is 5.91 Å². The minimum absolute atomic E-state index is 0.0567. The number of carbonyl (C=O) groups is 1. The van der Waals surface area contributed by atoms with E-state index in [1.165, 1.54) is 6.07 Å². The zero-order chi connectivity index (χ0) is 11.7. The smallest absolute Gasteiger partial charge is 0.254 e. The summed E-state index contributed by atoms with van der Waals surface area (Å²) < 4.78 is 0. The molecule has 0 spiro atoms. The van der Waals surface area contributed by atoms with Crippen molar-refractivity contribution in [2.45, 2.75) is 13.0 Å². The highest BCUT2D eigenvalue weighted by atomic mass is 16.3. The number of hydrogen-bond donors (Lipinski definition) is 2. The monoisotopic (exact) mass is 220 g/mol. The van der Waals surface area contributed by atoms with Crippen molar-refractivity contribution < 1.29 is 9.90 Å². The van der Waals surface area contributed by atoms with Gasteiger partial charge in [-0.2, -0.15) is 0 Å². The molecule has 16 heavy (non-hydrogen) atoms. The summed E-state index contributed by atoms with van der Waals surface area (Å²) in [6.07, 6.45) is 0. The van der Waals surface area contributed by atoms with E-state index in [1.807, 2.05) is 6.92 Å². The molecule has 0 aromatic heterocycles. The maximum atomic E-state index is 12.0. The summed E-state index contributed by atoms with van der Waals surface area (Å²) in [5.41, 5.74) is 6.39. The Labute approximate surface area is 94.7 Å². The second-order valence-corrected chi connectivity index (χ2v) is 4.40. The van der Waals surface area contributed by atoms with E-state index in [2.05, 4.69) is 0 Å². The summed E-state index contributed by atoms with van der Waals surface area (Å²) in [5, 5.41) is 9.31. The Morgan fingerprint density at radius 3 is 2.81 bits per heavy atom. The Bertz CT molecular complexity index is 396. The van der Waals surface area contributed by atoms with E-state index in [-0.39, 0.29) is 17.7 Å². The average Bonchev–Trinajstić information content (AvgIpc) is 2.58. The van der Waals surface area contributed by atoms with Crippen molar-refractivity contribution in [3.05, 3.63) is 29.8 Å². The summed E-state index contributed by atoms with van der Waals surface area (Å²) in [4.78, 5) is 13.8. The van der Waals surface area contributed by atoms with E-state index >= 15 is 0 Å². The van der Waals surface area contributed by atoms with Crippen LogP contribution in [-0.4, -0.2) is 35.0 Å². The zero-order valence-corrected chi connectivity index (χ0v) is 9.26. The number of hydrogen-bond acceptors (Lipinski definition) is 3. The number of nitrogens with two attached hydrogens (primary N) is 1. The number of likely N-dealkylation sites (tertiary alicyclic amines) is 1. The Morgan fingerprint density at radius 2 is 2.25 bits per heavy atom. The van der Waals surface area contributed by atoms with Crippen molar-refractivity contribution in [2.75, 3.05) is 13.1 Å². The normalized spacial score (nSPS) is 24.8. The minimum Gasteiger partial charge on any atom is -0.508 e. The van der Waals surface area contributed by atoms with Crippen LogP contribution in [0.2, 0.25) is 0 Å². The fourth-order valence-corrected chi connectivity index (χ4v) is 1.98. The van der Waals surface area contributed by atoms with Crippen LogP contribution in [0.4, 0.5) is 0 Å². The molecule has 0 radical (unpaired) electrons. The molecule has 1 aliphatic heterocycles. The largest absolute Gasteiger partial charge is 0.508 e. The molecule has 4 heteroatoms. The van der Waals surface area contributed by atoms with Gasteiger partial charge in [0.15, 0.2) is 0 Å². The second kappa shape index (κ2) is 4.14. The van der Waals surface area contributed by atoms with E-state index in [4.69, 9.17) is 5.73 Å². The van der Waals surface area contributed by atoms with Crippen LogP contribution < -0.4 is 5.73 Å². The molecule has 0 saturated carbocycles. The lowest BCUT2D eigenvalue weighted by atomic mass is 10.1. The van der Waals surface area contributed by atoms with E-state index < -0.39 is 0 Å². The molecule has 2 unspecified atom stereocenters.